The number of ether oxygens (including phenoxy) is 1. The first-order valence-electron chi connectivity index (χ1n) is 5.78. The van der Waals surface area contributed by atoms with Crippen LogP contribution in [0.4, 0.5) is 4.79 Å². The third-order valence-corrected chi connectivity index (χ3v) is 2.41. The Labute approximate surface area is 125 Å². The van der Waals surface area contributed by atoms with Gasteiger partial charge in [0.25, 0.3) is 5.91 Å². The van der Waals surface area contributed by atoms with E-state index in [9.17, 15) is 19.5 Å². The molecular weight excluding hydrogens is 300 g/mol. The summed E-state index contributed by atoms with van der Waals surface area (Å²) in [6, 6.07) is 3.08. The van der Waals surface area contributed by atoms with Crippen LogP contribution in [0.5, 0.6) is 5.75 Å². The van der Waals surface area contributed by atoms with E-state index in [2.05, 4.69) is 16.6 Å². The molecule has 0 spiro atoms. The summed E-state index contributed by atoms with van der Waals surface area (Å²) < 4.78 is 4.66. The summed E-state index contributed by atoms with van der Waals surface area (Å²) >= 11 is 5.62. The number of aromatic hydroxyl groups is 1. The van der Waals surface area contributed by atoms with Gasteiger partial charge in [0, 0.05) is 11.6 Å². The Balaban J connectivity index is 2.47. The van der Waals surface area contributed by atoms with E-state index in [4.69, 9.17) is 11.6 Å². The monoisotopic (exact) mass is 312 g/mol. The Kier molecular flexibility index (Phi) is 6.22. The number of urea groups is 1. The average Bonchev–Trinajstić information content (AvgIpc) is 2.42. The van der Waals surface area contributed by atoms with E-state index in [-0.39, 0.29) is 22.9 Å². The van der Waals surface area contributed by atoms with E-state index in [0.717, 1.165) is 0 Å². The quantitative estimate of drug-likeness (QED) is 0.560. The fraction of sp³-hybridized carbons (Fsp3) is 0.154. The second-order valence-corrected chi connectivity index (χ2v) is 4.22. The number of imide groups is 1. The molecule has 1 aromatic rings. The highest BCUT2D eigenvalue weighted by molar-refractivity contribution is 6.30. The molecular formula is C13H13ClN2O5. The number of benzene rings is 1. The molecule has 0 saturated heterocycles. The number of carbonyl (C=O) groups is 3. The molecule has 8 heteroatoms. The Morgan fingerprint density at radius 1 is 1.38 bits per heavy atom. The van der Waals surface area contributed by atoms with Gasteiger partial charge in [-0.1, -0.05) is 17.7 Å². The van der Waals surface area contributed by atoms with Crippen molar-refractivity contribution in [3.63, 3.8) is 0 Å². The molecule has 0 aromatic heterocycles. The van der Waals surface area contributed by atoms with Gasteiger partial charge in [-0.25, -0.2) is 9.59 Å². The first-order valence-corrected chi connectivity index (χ1v) is 6.16. The number of rotatable bonds is 5. The lowest BCUT2D eigenvalue weighted by Crippen LogP contribution is -2.41. The Morgan fingerprint density at radius 3 is 2.71 bits per heavy atom. The zero-order chi connectivity index (χ0) is 15.8. The molecule has 3 N–H and O–H groups in total. The van der Waals surface area contributed by atoms with Crippen LogP contribution in [0.2, 0.25) is 5.02 Å². The van der Waals surface area contributed by atoms with Gasteiger partial charge in [-0.3, -0.25) is 10.1 Å². The molecule has 0 aliphatic heterocycles. The van der Waals surface area contributed by atoms with Crippen molar-refractivity contribution in [3.05, 3.63) is 41.4 Å². The topological polar surface area (TPSA) is 105 Å². The average molecular weight is 313 g/mol. The molecule has 0 radical (unpaired) electrons. The number of hydrogen-bond donors (Lipinski definition) is 3. The zero-order valence-corrected chi connectivity index (χ0v) is 11.6. The fourth-order valence-corrected chi connectivity index (χ4v) is 1.42. The van der Waals surface area contributed by atoms with Crippen LogP contribution in [0, 0.1) is 0 Å². The van der Waals surface area contributed by atoms with Crippen molar-refractivity contribution in [2.45, 2.75) is 0 Å². The number of nitrogens with one attached hydrogen (secondary N) is 2. The lowest BCUT2D eigenvalue weighted by atomic mass is 10.2. The number of phenolic OH excluding ortho intramolecular Hbond substituents is 1. The number of carbonyl (C=O) groups excluding carboxylic acids is 3. The van der Waals surface area contributed by atoms with Gasteiger partial charge in [-0.2, -0.15) is 0 Å². The second-order valence-electron chi connectivity index (χ2n) is 3.78. The van der Waals surface area contributed by atoms with Crippen LogP contribution in [0.3, 0.4) is 0 Å². The SMILES string of the molecule is C=CCNC(=O)NC(=O)COC(=O)c1ccc(Cl)cc1O. The normalized spacial score (nSPS) is 9.57. The van der Waals surface area contributed by atoms with Crippen LogP contribution >= 0.6 is 11.6 Å². The van der Waals surface area contributed by atoms with E-state index < -0.39 is 24.5 Å². The van der Waals surface area contributed by atoms with E-state index in [1.165, 1.54) is 24.3 Å². The highest BCUT2D eigenvalue weighted by Gasteiger charge is 2.15. The first kappa shape index (κ1) is 16.5. The Bertz CT molecular complexity index is 574. The van der Waals surface area contributed by atoms with E-state index in [0.29, 0.717) is 0 Å². The van der Waals surface area contributed by atoms with Crippen molar-refractivity contribution in [3.8, 4) is 5.75 Å². The number of amides is 3. The van der Waals surface area contributed by atoms with Gasteiger partial charge in [-0.15, -0.1) is 6.58 Å². The predicted molar refractivity (Wildman–Crippen MR) is 75.1 cm³/mol. The van der Waals surface area contributed by atoms with Gasteiger partial charge >= 0.3 is 12.0 Å². The van der Waals surface area contributed by atoms with Crippen molar-refractivity contribution in [1.29, 1.82) is 0 Å². The molecule has 1 rings (SSSR count). The summed E-state index contributed by atoms with van der Waals surface area (Å²) in [6.45, 7) is 2.92. The van der Waals surface area contributed by atoms with Crippen LogP contribution in [-0.4, -0.2) is 36.2 Å². The Hall–Kier alpha value is -2.54. The molecule has 0 aliphatic carbocycles. The van der Waals surface area contributed by atoms with Crippen LogP contribution < -0.4 is 10.6 Å². The maximum absolute atomic E-state index is 11.6. The van der Waals surface area contributed by atoms with Crippen molar-refractivity contribution in [2.75, 3.05) is 13.2 Å². The zero-order valence-electron chi connectivity index (χ0n) is 10.9. The van der Waals surface area contributed by atoms with Crippen LogP contribution in [0.25, 0.3) is 0 Å². The standard InChI is InChI=1S/C13H13ClN2O5/c1-2-5-15-13(20)16-11(18)7-21-12(19)9-4-3-8(14)6-10(9)17/h2-4,6,17H,1,5,7H2,(H2,15,16,18,20). The molecule has 0 aliphatic rings. The van der Waals surface area contributed by atoms with Gasteiger partial charge in [0.2, 0.25) is 0 Å². The summed E-state index contributed by atoms with van der Waals surface area (Å²) in [7, 11) is 0. The number of phenols is 1. The minimum Gasteiger partial charge on any atom is -0.507 e. The molecule has 0 fully saturated rings. The highest BCUT2D eigenvalue weighted by atomic mass is 35.5. The number of hydrogen-bond acceptors (Lipinski definition) is 5. The van der Waals surface area contributed by atoms with Crippen LogP contribution in [-0.2, 0) is 9.53 Å². The molecule has 0 unspecified atom stereocenters. The van der Waals surface area contributed by atoms with Crippen molar-refractivity contribution in [1.82, 2.24) is 10.6 Å². The summed E-state index contributed by atoms with van der Waals surface area (Å²) in [5.41, 5.74) is -0.136. The highest BCUT2D eigenvalue weighted by Crippen LogP contribution is 2.22. The van der Waals surface area contributed by atoms with E-state index >= 15 is 0 Å². The first-order chi connectivity index (χ1) is 9.93. The van der Waals surface area contributed by atoms with E-state index in [1.54, 1.807) is 0 Å². The molecule has 0 atom stereocenters. The predicted octanol–water partition coefficient (Wildman–Crippen LogP) is 1.21. The molecule has 0 bridgehead atoms. The van der Waals surface area contributed by atoms with Gasteiger partial charge in [-0.05, 0) is 18.2 Å². The minimum atomic E-state index is -0.911. The Morgan fingerprint density at radius 2 is 2.10 bits per heavy atom. The molecule has 3 amide bonds. The van der Waals surface area contributed by atoms with Gasteiger partial charge in [0.15, 0.2) is 6.61 Å². The van der Waals surface area contributed by atoms with Crippen LogP contribution in [0.15, 0.2) is 30.9 Å². The number of halogens is 1. The van der Waals surface area contributed by atoms with Gasteiger partial charge in [0.05, 0.1) is 0 Å². The molecule has 0 saturated carbocycles. The van der Waals surface area contributed by atoms with Gasteiger partial charge < -0.3 is 15.2 Å². The maximum Gasteiger partial charge on any atom is 0.342 e. The molecule has 1 aromatic carbocycles. The fourth-order valence-electron chi connectivity index (χ4n) is 1.26. The molecule has 21 heavy (non-hydrogen) atoms. The third-order valence-electron chi connectivity index (χ3n) is 2.17. The van der Waals surface area contributed by atoms with Gasteiger partial charge in [0.1, 0.15) is 11.3 Å². The molecule has 7 nitrogen and oxygen atoms in total. The summed E-state index contributed by atoms with van der Waals surface area (Å²) in [6.07, 6.45) is 1.44. The van der Waals surface area contributed by atoms with Crippen molar-refractivity contribution in [2.24, 2.45) is 0 Å². The molecule has 112 valence electrons. The lowest BCUT2D eigenvalue weighted by molar-refractivity contribution is -0.123. The van der Waals surface area contributed by atoms with Crippen LogP contribution in [0.1, 0.15) is 10.4 Å². The summed E-state index contributed by atoms with van der Waals surface area (Å²) in [4.78, 5) is 34.1. The maximum atomic E-state index is 11.6. The largest absolute Gasteiger partial charge is 0.507 e. The van der Waals surface area contributed by atoms with Crippen molar-refractivity contribution >= 4 is 29.5 Å². The minimum absolute atomic E-state index is 0.136. The smallest absolute Gasteiger partial charge is 0.342 e. The lowest BCUT2D eigenvalue weighted by Gasteiger charge is -2.07. The number of esters is 1. The summed E-state index contributed by atoms with van der Waals surface area (Å²) in [5, 5.41) is 14.0. The van der Waals surface area contributed by atoms with Crippen molar-refractivity contribution < 1.29 is 24.2 Å². The second kappa shape index (κ2) is 7.91. The molecule has 0 heterocycles. The third kappa shape index (κ3) is 5.53. The van der Waals surface area contributed by atoms with E-state index in [1.807, 2.05) is 5.32 Å². The summed E-state index contributed by atoms with van der Waals surface area (Å²) in [5.74, 6) is -2.08.